The van der Waals surface area contributed by atoms with Crippen LogP contribution in [-0.4, -0.2) is 24.3 Å². The molecule has 1 aromatic carbocycles. The lowest BCUT2D eigenvalue weighted by atomic mass is 9.76. The van der Waals surface area contributed by atoms with Gasteiger partial charge in [-0.2, -0.15) is 0 Å². The molecule has 2 aliphatic rings. The van der Waals surface area contributed by atoms with Gasteiger partial charge in [0.2, 0.25) is 5.43 Å². The Kier molecular flexibility index (Phi) is 5.16. The van der Waals surface area contributed by atoms with E-state index in [4.69, 9.17) is 9.47 Å². The van der Waals surface area contributed by atoms with Gasteiger partial charge >= 0.3 is 5.97 Å². The molecule has 2 heterocycles. The molecule has 2 aliphatic carbocycles. The minimum Gasteiger partial charge on any atom is -0.494 e. The Labute approximate surface area is 192 Å². The first-order valence-electron chi connectivity index (χ1n) is 11.4. The summed E-state index contributed by atoms with van der Waals surface area (Å²) in [4.78, 5) is 28.3. The van der Waals surface area contributed by atoms with E-state index < -0.39 is 5.97 Å². The summed E-state index contributed by atoms with van der Waals surface area (Å²) in [5.41, 5.74) is 3.19. The molecule has 1 saturated carbocycles. The Bertz CT molecular complexity index is 1280. The normalized spacial score (nSPS) is 17.2. The standard InChI is InChI=1S/C26H29NO4S/c1-5-31-25(29)18-14-27(15-8-9-15)22-17(23(18)28)11-10-16(24(22)30-4)21-13-19-20(32-21)7-6-12-26(19,2)3/h10-11,13-15H,5-9,12H2,1-4H3. The van der Waals surface area contributed by atoms with Crippen molar-refractivity contribution in [1.29, 1.82) is 0 Å². The molecule has 0 saturated heterocycles. The van der Waals surface area contributed by atoms with Crippen molar-refractivity contribution in [1.82, 2.24) is 4.57 Å². The number of hydrogen-bond acceptors (Lipinski definition) is 5. The summed E-state index contributed by atoms with van der Waals surface area (Å²) in [6, 6.07) is 6.40. The first-order chi connectivity index (χ1) is 15.4. The Balaban J connectivity index is 1.75. The summed E-state index contributed by atoms with van der Waals surface area (Å²) in [5, 5.41) is 0.504. The van der Waals surface area contributed by atoms with Gasteiger partial charge in [0.25, 0.3) is 0 Å². The van der Waals surface area contributed by atoms with Crippen molar-refractivity contribution in [3.8, 4) is 16.2 Å². The number of aryl methyl sites for hydroxylation is 1. The van der Waals surface area contributed by atoms with E-state index in [1.165, 1.54) is 28.2 Å². The predicted octanol–water partition coefficient (Wildman–Crippen LogP) is 5.86. The molecule has 168 valence electrons. The van der Waals surface area contributed by atoms with Crippen molar-refractivity contribution in [3.05, 3.63) is 50.6 Å². The topological polar surface area (TPSA) is 57.5 Å². The number of pyridine rings is 1. The molecule has 3 aromatic rings. The summed E-state index contributed by atoms with van der Waals surface area (Å²) in [6.45, 7) is 6.62. The fourth-order valence-electron chi connectivity index (χ4n) is 4.96. The van der Waals surface area contributed by atoms with Crippen LogP contribution in [0.4, 0.5) is 0 Å². The molecule has 5 rings (SSSR count). The molecule has 0 aliphatic heterocycles. The molecule has 0 atom stereocenters. The number of rotatable bonds is 5. The van der Waals surface area contributed by atoms with Crippen LogP contribution in [0, 0.1) is 0 Å². The Morgan fingerprint density at radius 2 is 2.06 bits per heavy atom. The fourth-order valence-corrected chi connectivity index (χ4v) is 6.36. The number of esters is 1. The van der Waals surface area contributed by atoms with Gasteiger partial charge in [0.05, 0.1) is 24.6 Å². The number of benzene rings is 1. The number of nitrogens with zero attached hydrogens (tertiary/aromatic N) is 1. The van der Waals surface area contributed by atoms with E-state index >= 15 is 0 Å². The van der Waals surface area contributed by atoms with Crippen molar-refractivity contribution < 1.29 is 14.3 Å². The zero-order chi connectivity index (χ0) is 22.6. The van der Waals surface area contributed by atoms with Crippen LogP contribution in [0.1, 0.15) is 73.3 Å². The van der Waals surface area contributed by atoms with E-state index in [9.17, 15) is 9.59 Å². The predicted molar refractivity (Wildman–Crippen MR) is 128 cm³/mol. The second-order valence-electron chi connectivity index (χ2n) is 9.46. The second-order valence-corrected chi connectivity index (χ2v) is 10.6. The van der Waals surface area contributed by atoms with Gasteiger partial charge in [-0.3, -0.25) is 4.79 Å². The maximum absolute atomic E-state index is 13.2. The maximum atomic E-state index is 13.2. The van der Waals surface area contributed by atoms with E-state index in [2.05, 4.69) is 24.5 Å². The van der Waals surface area contributed by atoms with Crippen LogP contribution in [-0.2, 0) is 16.6 Å². The third kappa shape index (κ3) is 3.36. The molecule has 0 spiro atoms. The second kappa shape index (κ2) is 7.77. The SMILES string of the molecule is CCOC(=O)c1cn(C2CC2)c2c(OC)c(-c3cc4c(s3)CCCC4(C)C)ccc2c1=O. The monoisotopic (exact) mass is 451 g/mol. The van der Waals surface area contributed by atoms with Crippen LogP contribution in [0.2, 0.25) is 0 Å². The lowest BCUT2D eigenvalue weighted by molar-refractivity contribution is 0.0524. The number of hydrogen-bond donors (Lipinski definition) is 0. The van der Waals surface area contributed by atoms with Crippen molar-refractivity contribution in [2.45, 2.75) is 64.3 Å². The fraction of sp³-hybridized carbons (Fsp3) is 0.462. The van der Waals surface area contributed by atoms with Crippen molar-refractivity contribution >= 4 is 28.2 Å². The number of thiophene rings is 1. The summed E-state index contributed by atoms with van der Waals surface area (Å²) < 4.78 is 13.2. The minimum atomic E-state index is -0.565. The highest BCUT2D eigenvalue weighted by atomic mass is 32.1. The number of methoxy groups -OCH3 is 1. The average molecular weight is 452 g/mol. The van der Waals surface area contributed by atoms with E-state index in [1.807, 2.05) is 23.5 Å². The summed E-state index contributed by atoms with van der Waals surface area (Å²) in [5.74, 6) is 0.142. The molecule has 0 N–H and O–H groups in total. The van der Waals surface area contributed by atoms with Gasteiger partial charge in [-0.1, -0.05) is 13.8 Å². The van der Waals surface area contributed by atoms with Gasteiger partial charge in [-0.05, 0) is 68.2 Å². The third-order valence-electron chi connectivity index (χ3n) is 6.80. The highest BCUT2D eigenvalue weighted by Gasteiger charge is 2.32. The van der Waals surface area contributed by atoms with E-state index in [-0.39, 0.29) is 29.1 Å². The van der Waals surface area contributed by atoms with Crippen LogP contribution in [0.15, 0.2) is 29.2 Å². The number of aromatic nitrogens is 1. The first-order valence-corrected chi connectivity index (χ1v) is 12.2. The number of carbonyl (C=O) groups is 1. The first kappa shape index (κ1) is 21.3. The molecule has 1 fully saturated rings. The smallest absolute Gasteiger partial charge is 0.343 e. The zero-order valence-electron chi connectivity index (χ0n) is 19.1. The van der Waals surface area contributed by atoms with Crippen molar-refractivity contribution in [3.63, 3.8) is 0 Å². The van der Waals surface area contributed by atoms with Crippen LogP contribution in [0.25, 0.3) is 21.3 Å². The average Bonchev–Trinajstić information content (AvgIpc) is 3.51. The van der Waals surface area contributed by atoms with Crippen LogP contribution in [0.5, 0.6) is 5.75 Å². The molecule has 0 bridgehead atoms. The molecular weight excluding hydrogens is 422 g/mol. The molecule has 2 aromatic heterocycles. The minimum absolute atomic E-state index is 0.0920. The molecule has 0 unspecified atom stereocenters. The van der Waals surface area contributed by atoms with Gasteiger partial charge in [-0.15, -0.1) is 11.3 Å². The van der Waals surface area contributed by atoms with Gasteiger partial charge in [0, 0.05) is 27.6 Å². The summed E-state index contributed by atoms with van der Waals surface area (Å²) in [6.07, 6.45) is 7.25. The molecule has 6 heteroatoms. The van der Waals surface area contributed by atoms with E-state index in [1.54, 1.807) is 20.2 Å². The summed E-state index contributed by atoms with van der Waals surface area (Å²) >= 11 is 1.84. The lowest BCUT2D eigenvalue weighted by Gasteiger charge is -2.29. The van der Waals surface area contributed by atoms with Gasteiger partial charge in [-0.25, -0.2) is 4.79 Å². The van der Waals surface area contributed by atoms with E-state index in [0.29, 0.717) is 11.1 Å². The van der Waals surface area contributed by atoms with Crippen molar-refractivity contribution in [2.24, 2.45) is 0 Å². The highest BCUT2D eigenvalue weighted by molar-refractivity contribution is 7.15. The van der Waals surface area contributed by atoms with E-state index in [0.717, 1.165) is 30.3 Å². The Morgan fingerprint density at radius 3 is 2.72 bits per heavy atom. The molecule has 5 nitrogen and oxygen atoms in total. The Morgan fingerprint density at radius 1 is 1.28 bits per heavy atom. The van der Waals surface area contributed by atoms with Gasteiger partial charge in [0.1, 0.15) is 5.56 Å². The Hall–Kier alpha value is -2.60. The van der Waals surface area contributed by atoms with Crippen molar-refractivity contribution in [2.75, 3.05) is 13.7 Å². The number of ether oxygens (including phenoxy) is 2. The number of carbonyl (C=O) groups excluding carboxylic acids is 1. The lowest BCUT2D eigenvalue weighted by Crippen LogP contribution is -2.21. The van der Waals surface area contributed by atoms with Gasteiger partial charge < -0.3 is 14.0 Å². The molecule has 0 radical (unpaired) electrons. The third-order valence-corrected chi connectivity index (χ3v) is 8.02. The largest absolute Gasteiger partial charge is 0.494 e. The molecular formula is C26H29NO4S. The maximum Gasteiger partial charge on any atom is 0.343 e. The highest BCUT2D eigenvalue weighted by Crippen LogP contribution is 2.48. The van der Waals surface area contributed by atoms with Crippen LogP contribution >= 0.6 is 11.3 Å². The molecule has 0 amide bonds. The van der Waals surface area contributed by atoms with Gasteiger partial charge in [0.15, 0.2) is 5.75 Å². The quantitative estimate of drug-likeness (QED) is 0.456. The zero-order valence-corrected chi connectivity index (χ0v) is 19.9. The van der Waals surface area contributed by atoms with Crippen LogP contribution < -0.4 is 10.2 Å². The summed E-state index contributed by atoms with van der Waals surface area (Å²) in [7, 11) is 1.66. The number of fused-ring (bicyclic) bond motifs is 2. The molecule has 32 heavy (non-hydrogen) atoms. The van der Waals surface area contributed by atoms with Crippen LogP contribution in [0.3, 0.4) is 0 Å².